The molecular weight excluding hydrogens is 629 g/mol. The Hall–Kier alpha value is 0.131. The van der Waals surface area contributed by atoms with E-state index >= 15 is 0 Å². The molecule has 3 aliphatic heterocycles. The van der Waals surface area contributed by atoms with Crippen molar-refractivity contribution in [2.24, 2.45) is 0 Å². The number of nitrogens with zero attached hydrogens (tertiary/aromatic N) is 3. The van der Waals surface area contributed by atoms with Crippen molar-refractivity contribution in [3.8, 4) is 0 Å². The van der Waals surface area contributed by atoms with Crippen LogP contribution in [-0.4, -0.2) is 173 Å². The quantitative estimate of drug-likeness (QED) is 0.150. The molecule has 0 amide bonds. The fraction of sp³-hybridized carbons (Fsp3) is 1.00. The monoisotopic (exact) mass is 694 g/mol. The number of rotatable bonds is 21. The van der Waals surface area contributed by atoms with Crippen molar-refractivity contribution in [3.05, 3.63) is 0 Å². The summed E-state index contributed by atoms with van der Waals surface area (Å²) in [5, 5.41) is 10.4. The first-order chi connectivity index (χ1) is 21.7. The molecule has 3 N–H and O–H groups in total. The Labute approximate surface area is 277 Å². The Balaban J connectivity index is 1.82. The summed E-state index contributed by atoms with van der Waals surface area (Å²) in [6, 6.07) is 3.10. The molecular formula is C29H66N6O7Si3. The Morgan fingerprint density at radius 2 is 0.689 bits per heavy atom. The summed E-state index contributed by atoms with van der Waals surface area (Å²) in [6.45, 7) is 19.2. The molecule has 13 nitrogen and oxygen atoms in total. The summed E-state index contributed by atoms with van der Waals surface area (Å²) < 4.78 is 45.5. The molecule has 0 aromatic carbocycles. The Morgan fingerprint density at radius 1 is 0.444 bits per heavy atom. The number of hydrogen-bond donors (Lipinski definition) is 3. The minimum Gasteiger partial charge on any atom is -0.378 e. The van der Waals surface area contributed by atoms with Gasteiger partial charge in [-0.25, -0.2) is 0 Å². The maximum absolute atomic E-state index is 7.11. The van der Waals surface area contributed by atoms with Gasteiger partial charge in [0.25, 0.3) is 0 Å². The van der Waals surface area contributed by atoms with E-state index in [1.807, 2.05) is 0 Å². The molecule has 0 radical (unpaired) electrons. The van der Waals surface area contributed by atoms with E-state index in [0.717, 1.165) is 97.8 Å². The highest BCUT2D eigenvalue weighted by atomic mass is 28.5. The largest absolute Gasteiger partial charge is 0.493 e. The maximum Gasteiger partial charge on any atom is 0.493 e. The van der Waals surface area contributed by atoms with Gasteiger partial charge in [0.1, 0.15) is 0 Å². The molecule has 3 atom stereocenters. The van der Waals surface area contributed by atoms with Crippen LogP contribution < -0.4 is 16.0 Å². The van der Waals surface area contributed by atoms with Gasteiger partial charge >= 0.3 is 26.4 Å². The first kappa shape index (κ1) is 39.6. The summed E-state index contributed by atoms with van der Waals surface area (Å²) in [5.41, 5.74) is 0. The van der Waals surface area contributed by atoms with Gasteiger partial charge in [-0.05, 0) is 40.0 Å². The van der Waals surface area contributed by atoms with Gasteiger partial charge in [0, 0.05) is 150 Å². The summed E-state index contributed by atoms with van der Waals surface area (Å²) >= 11 is 0. The first-order valence-electron chi connectivity index (χ1n) is 17.2. The van der Waals surface area contributed by atoms with Gasteiger partial charge in [-0.1, -0.05) is 0 Å². The zero-order valence-corrected chi connectivity index (χ0v) is 32.7. The second kappa shape index (κ2) is 20.0. The van der Waals surface area contributed by atoms with E-state index in [0.29, 0.717) is 36.3 Å². The van der Waals surface area contributed by atoms with Crippen LogP contribution in [0.1, 0.15) is 40.0 Å². The zero-order valence-electron chi connectivity index (χ0n) is 29.7. The van der Waals surface area contributed by atoms with Gasteiger partial charge in [-0.15, -0.1) is 0 Å². The lowest BCUT2D eigenvalue weighted by Crippen LogP contribution is -2.64. The van der Waals surface area contributed by atoms with Gasteiger partial charge in [0.15, 0.2) is 0 Å². The molecule has 0 aromatic rings. The molecule has 0 bridgehead atoms. The molecule has 3 fully saturated rings. The summed E-state index contributed by atoms with van der Waals surface area (Å²) in [6.07, 6.45) is 2.67. The summed E-state index contributed by atoms with van der Waals surface area (Å²) in [7, 11) is -1.30. The average molecular weight is 695 g/mol. The van der Waals surface area contributed by atoms with Crippen LogP contribution in [0.5, 0.6) is 0 Å². The smallest absolute Gasteiger partial charge is 0.378 e. The number of piperazine rings is 3. The van der Waals surface area contributed by atoms with Crippen molar-refractivity contribution in [2.75, 3.05) is 114 Å². The molecule has 3 saturated heterocycles. The highest BCUT2D eigenvalue weighted by Crippen LogP contribution is 2.33. The van der Waals surface area contributed by atoms with Gasteiger partial charge < -0.3 is 46.3 Å². The molecule has 266 valence electrons. The van der Waals surface area contributed by atoms with Crippen LogP contribution in [0, 0.1) is 0 Å². The van der Waals surface area contributed by atoms with Crippen LogP contribution in [0.3, 0.4) is 0 Å². The van der Waals surface area contributed by atoms with E-state index in [4.69, 9.17) is 30.4 Å². The lowest BCUT2D eigenvalue weighted by molar-refractivity contribution is 0.0647. The molecule has 0 aliphatic carbocycles. The predicted octanol–water partition coefficient (Wildman–Crippen LogP) is 1.12. The molecule has 3 rings (SSSR count). The highest BCUT2D eigenvalue weighted by Gasteiger charge is 2.58. The van der Waals surface area contributed by atoms with E-state index in [9.17, 15) is 0 Å². The molecule has 3 aliphatic rings. The minimum absolute atomic E-state index is 0.351. The lowest BCUT2D eigenvalue weighted by atomic mass is 10.2. The Morgan fingerprint density at radius 3 is 0.933 bits per heavy atom. The van der Waals surface area contributed by atoms with E-state index in [2.05, 4.69) is 51.4 Å². The fourth-order valence-corrected chi connectivity index (χ4v) is 18.3. The third-order valence-corrected chi connectivity index (χ3v) is 20.9. The number of nitrogens with one attached hydrogen (secondary N) is 3. The van der Waals surface area contributed by atoms with Gasteiger partial charge in [-0.3, -0.25) is 14.7 Å². The maximum atomic E-state index is 7.11. The van der Waals surface area contributed by atoms with Crippen LogP contribution in [0.2, 0.25) is 18.1 Å². The predicted molar refractivity (Wildman–Crippen MR) is 184 cm³/mol. The third kappa shape index (κ3) is 11.9. The molecule has 3 heterocycles. The topological polar surface area (TPSA) is 110 Å². The molecule has 16 heteroatoms. The first-order valence-corrected chi connectivity index (χ1v) is 23.0. The van der Waals surface area contributed by atoms with Gasteiger partial charge in [-0.2, -0.15) is 0 Å². The lowest BCUT2D eigenvalue weighted by Gasteiger charge is -2.42. The molecule has 3 unspecified atom stereocenters. The third-order valence-electron chi connectivity index (χ3n) is 10.1. The zero-order chi connectivity index (χ0) is 32.8. The molecule has 0 spiro atoms. The second-order valence-electron chi connectivity index (χ2n) is 12.8. The number of hydrogen-bond acceptors (Lipinski definition) is 13. The van der Waals surface area contributed by atoms with Crippen LogP contribution in [-0.2, 0) is 30.4 Å². The van der Waals surface area contributed by atoms with Gasteiger partial charge in [0.05, 0.1) is 0 Å². The minimum atomic E-state index is -3.44. The Bertz CT molecular complexity index is 756. The second-order valence-corrected chi connectivity index (χ2v) is 22.1. The summed E-state index contributed by atoms with van der Waals surface area (Å²) in [5.74, 6) is 0. The van der Waals surface area contributed by atoms with E-state index in [1.54, 1.807) is 35.5 Å². The van der Waals surface area contributed by atoms with Crippen molar-refractivity contribution in [2.45, 2.75) is 76.3 Å². The molecule has 45 heavy (non-hydrogen) atoms. The highest BCUT2D eigenvalue weighted by molar-refractivity contribution is 6.80. The van der Waals surface area contributed by atoms with Crippen LogP contribution in [0.15, 0.2) is 0 Å². The van der Waals surface area contributed by atoms with E-state index in [-0.39, 0.29) is 0 Å². The van der Waals surface area contributed by atoms with Crippen molar-refractivity contribution in [1.29, 1.82) is 0 Å². The van der Waals surface area contributed by atoms with Crippen molar-refractivity contribution < 1.29 is 30.4 Å². The van der Waals surface area contributed by atoms with Crippen LogP contribution in [0.4, 0.5) is 0 Å². The SMILES string of the molecule is CO[Si](CCC(C)N1CCNCC1)(OC)O[Si](CCC(C)N1CCNCC1)(OC)O[Si](CCC(C)N1CCNCC1)(OC)OC. The van der Waals surface area contributed by atoms with Crippen molar-refractivity contribution in [1.82, 2.24) is 30.7 Å². The van der Waals surface area contributed by atoms with Crippen LogP contribution >= 0.6 is 0 Å². The average Bonchev–Trinajstić information content (AvgIpc) is 3.11. The standard InChI is InChI=1S/C29H66N6O7Si3/c1-27(33-18-12-30-13-19-33)9-24-43(36-4,37-5)41-45(40-8,26-11-29(3)35-22-16-32-17-23-35)42-44(38-6,39-7)25-10-28(2)34-20-14-31-15-21-34/h27-32H,9-26H2,1-8H3. The summed E-state index contributed by atoms with van der Waals surface area (Å²) in [4.78, 5) is 7.59. The fourth-order valence-electron chi connectivity index (χ4n) is 6.70. The van der Waals surface area contributed by atoms with Crippen molar-refractivity contribution in [3.63, 3.8) is 0 Å². The van der Waals surface area contributed by atoms with E-state index < -0.39 is 26.4 Å². The van der Waals surface area contributed by atoms with Crippen LogP contribution in [0.25, 0.3) is 0 Å². The van der Waals surface area contributed by atoms with Gasteiger partial charge in [0.2, 0.25) is 0 Å². The normalized spacial score (nSPS) is 23.5. The van der Waals surface area contributed by atoms with E-state index in [1.165, 1.54) is 0 Å². The molecule has 0 aromatic heterocycles. The van der Waals surface area contributed by atoms with Crippen molar-refractivity contribution >= 4 is 26.4 Å². The molecule has 0 saturated carbocycles. The Kier molecular flexibility index (Phi) is 17.6.